The zero-order chi connectivity index (χ0) is 13.2. The molecule has 2 aromatic carbocycles. The number of halogens is 1. The second kappa shape index (κ2) is 5.03. The monoisotopic (exact) mass is 272 g/mol. The molecule has 1 aromatic heterocycles. The van der Waals surface area contributed by atoms with Crippen LogP contribution in [-0.2, 0) is 6.54 Å². The number of hydrogen-bond donors (Lipinski definition) is 1. The van der Waals surface area contributed by atoms with Crippen molar-refractivity contribution in [3.63, 3.8) is 0 Å². The molecule has 0 bridgehead atoms. The van der Waals surface area contributed by atoms with Gasteiger partial charge in [-0.3, -0.25) is 0 Å². The summed E-state index contributed by atoms with van der Waals surface area (Å²) in [6, 6.07) is 15.2. The summed E-state index contributed by atoms with van der Waals surface area (Å²) in [6.07, 6.45) is 1.09. The van der Waals surface area contributed by atoms with E-state index in [1.54, 1.807) is 12.4 Å². The molecule has 0 saturated heterocycles. The lowest BCUT2D eigenvalue weighted by molar-refractivity contribution is 0.158. The standard InChI is InChI=1S/C15H13ClN2O/c16-12-6-2-1-5-11(12)15(19)9-18-10-17-13-7-3-4-8-14(13)18/h1-8,10,15,19H,9H2/t15-/m0/s1. The Morgan fingerprint density at radius 1 is 1.11 bits per heavy atom. The van der Waals surface area contributed by atoms with E-state index in [0.717, 1.165) is 16.6 Å². The smallest absolute Gasteiger partial charge is 0.0983 e. The molecule has 96 valence electrons. The van der Waals surface area contributed by atoms with Crippen LogP contribution in [-0.4, -0.2) is 14.7 Å². The van der Waals surface area contributed by atoms with Crippen LogP contribution in [0.3, 0.4) is 0 Å². The summed E-state index contributed by atoms with van der Waals surface area (Å²) in [4.78, 5) is 4.31. The maximum absolute atomic E-state index is 10.3. The van der Waals surface area contributed by atoms with E-state index >= 15 is 0 Å². The van der Waals surface area contributed by atoms with Crippen molar-refractivity contribution in [3.8, 4) is 0 Å². The van der Waals surface area contributed by atoms with Gasteiger partial charge in [0, 0.05) is 10.6 Å². The summed E-state index contributed by atoms with van der Waals surface area (Å²) >= 11 is 6.09. The minimum Gasteiger partial charge on any atom is -0.386 e. The Labute approximate surface area is 116 Å². The minimum atomic E-state index is -0.647. The van der Waals surface area contributed by atoms with Gasteiger partial charge in [-0.1, -0.05) is 41.9 Å². The van der Waals surface area contributed by atoms with Crippen molar-refractivity contribution in [1.82, 2.24) is 9.55 Å². The molecule has 0 unspecified atom stereocenters. The lowest BCUT2D eigenvalue weighted by Crippen LogP contribution is -2.08. The van der Waals surface area contributed by atoms with Gasteiger partial charge in [-0.15, -0.1) is 0 Å². The zero-order valence-corrected chi connectivity index (χ0v) is 11.0. The van der Waals surface area contributed by atoms with Crippen LogP contribution < -0.4 is 0 Å². The van der Waals surface area contributed by atoms with E-state index in [1.807, 2.05) is 47.0 Å². The second-order valence-corrected chi connectivity index (χ2v) is 4.83. The van der Waals surface area contributed by atoms with Gasteiger partial charge in [-0.2, -0.15) is 0 Å². The Hall–Kier alpha value is -1.84. The Kier molecular flexibility index (Phi) is 3.23. The van der Waals surface area contributed by atoms with Gasteiger partial charge in [0.15, 0.2) is 0 Å². The lowest BCUT2D eigenvalue weighted by Gasteiger charge is -2.13. The summed E-state index contributed by atoms with van der Waals surface area (Å²) in [5, 5.41) is 10.9. The summed E-state index contributed by atoms with van der Waals surface area (Å²) in [5.74, 6) is 0. The van der Waals surface area contributed by atoms with E-state index < -0.39 is 6.10 Å². The first-order valence-corrected chi connectivity index (χ1v) is 6.46. The number of hydrogen-bond acceptors (Lipinski definition) is 2. The molecule has 19 heavy (non-hydrogen) atoms. The van der Waals surface area contributed by atoms with Gasteiger partial charge in [0.1, 0.15) is 0 Å². The first-order valence-electron chi connectivity index (χ1n) is 6.08. The summed E-state index contributed by atoms with van der Waals surface area (Å²) in [5.41, 5.74) is 2.67. The molecule has 0 saturated carbocycles. The van der Waals surface area contributed by atoms with Crippen molar-refractivity contribution in [3.05, 3.63) is 65.4 Å². The molecule has 3 aromatic rings. The van der Waals surface area contributed by atoms with E-state index in [0.29, 0.717) is 11.6 Å². The summed E-state index contributed by atoms with van der Waals surface area (Å²) < 4.78 is 1.93. The molecule has 0 aliphatic rings. The number of para-hydroxylation sites is 2. The van der Waals surface area contributed by atoms with E-state index in [4.69, 9.17) is 11.6 Å². The minimum absolute atomic E-state index is 0.435. The number of aliphatic hydroxyl groups is 1. The van der Waals surface area contributed by atoms with Crippen molar-refractivity contribution < 1.29 is 5.11 Å². The first kappa shape index (κ1) is 12.2. The Bertz CT molecular complexity index is 708. The van der Waals surface area contributed by atoms with Crippen LogP contribution in [0.5, 0.6) is 0 Å². The number of aromatic nitrogens is 2. The Morgan fingerprint density at radius 3 is 2.68 bits per heavy atom. The first-order chi connectivity index (χ1) is 9.25. The number of nitrogens with zero attached hydrogens (tertiary/aromatic N) is 2. The predicted molar refractivity (Wildman–Crippen MR) is 76.1 cm³/mol. The normalized spacial score (nSPS) is 12.7. The molecule has 1 atom stereocenters. The van der Waals surface area contributed by atoms with Crippen LogP contribution in [0.25, 0.3) is 11.0 Å². The van der Waals surface area contributed by atoms with Crippen LogP contribution in [0.4, 0.5) is 0 Å². The van der Waals surface area contributed by atoms with Crippen LogP contribution in [0.2, 0.25) is 5.02 Å². The molecule has 0 radical (unpaired) electrons. The predicted octanol–water partition coefficient (Wildman–Crippen LogP) is 3.42. The molecule has 1 N–H and O–H groups in total. The van der Waals surface area contributed by atoms with Crippen LogP contribution >= 0.6 is 11.6 Å². The number of fused-ring (bicyclic) bond motifs is 1. The van der Waals surface area contributed by atoms with E-state index in [2.05, 4.69) is 4.98 Å². The maximum atomic E-state index is 10.3. The van der Waals surface area contributed by atoms with Crippen molar-refractivity contribution in [2.45, 2.75) is 12.6 Å². The number of rotatable bonds is 3. The molecule has 3 nitrogen and oxygen atoms in total. The highest BCUT2D eigenvalue weighted by Gasteiger charge is 2.13. The molecule has 0 aliphatic carbocycles. The van der Waals surface area contributed by atoms with Gasteiger partial charge in [0.2, 0.25) is 0 Å². The fourth-order valence-corrected chi connectivity index (χ4v) is 2.45. The SMILES string of the molecule is O[C@@H](Cn1cnc2ccccc21)c1ccccc1Cl. The Balaban J connectivity index is 1.91. The van der Waals surface area contributed by atoms with Gasteiger partial charge in [0.25, 0.3) is 0 Å². The molecule has 1 heterocycles. The summed E-state index contributed by atoms with van der Waals surface area (Å²) in [7, 11) is 0. The van der Waals surface area contributed by atoms with Crippen LogP contribution in [0.15, 0.2) is 54.9 Å². The van der Waals surface area contributed by atoms with Crippen molar-refractivity contribution in [2.75, 3.05) is 0 Å². The maximum Gasteiger partial charge on any atom is 0.0983 e. The summed E-state index contributed by atoms with van der Waals surface area (Å²) in [6.45, 7) is 0.435. The average Bonchev–Trinajstić information content (AvgIpc) is 2.83. The largest absolute Gasteiger partial charge is 0.386 e. The number of imidazole rings is 1. The van der Waals surface area contributed by atoms with E-state index in [-0.39, 0.29) is 0 Å². The van der Waals surface area contributed by atoms with Gasteiger partial charge < -0.3 is 9.67 Å². The van der Waals surface area contributed by atoms with Gasteiger partial charge in [0.05, 0.1) is 30.0 Å². The second-order valence-electron chi connectivity index (χ2n) is 4.42. The number of aliphatic hydroxyl groups excluding tert-OH is 1. The van der Waals surface area contributed by atoms with Crippen molar-refractivity contribution >= 4 is 22.6 Å². The third-order valence-corrected chi connectivity index (χ3v) is 3.51. The van der Waals surface area contributed by atoms with Crippen LogP contribution in [0.1, 0.15) is 11.7 Å². The van der Waals surface area contributed by atoms with E-state index in [1.165, 1.54) is 0 Å². The quantitative estimate of drug-likeness (QED) is 0.793. The van der Waals surface area contributed by atoms with Gasteiger partial charge in [-0.05, 0) is 18.2 Å². The molecule has 0 fully saturated rings. The van der Waals surface area contributed by atoms with Crippen LogP contribution in [0, 0.1) is 0 Å². The molecule has 0 amide bonds. The third kappa shape index (κ3) is 2.35. The zero-order valence-electron chi connectivity index (χ0n) is 10.2. The van der Waals surface area contributed by atoms with Gasteiger partial charge >= 0.3 is 0 Å². The highest BCUT2D eigenvalue weighted by atomic mass is 35.5. The topological polar surface area (TPSA) is 38.0 Å². The van der Waals surface area contributed by atoms with E-state index in [9.17, 15) is 5.11 Å². The lowest BCUT2D eigenvalue weighted by atomic mass is 10.1. The fourth-order valence-electron chi connectivity index (χ4n) is 2.19. The van der Waals surface area contributed by atoms with Crippen molar-refractivity contribution in [2.24, 2.45) is 0 Å². The van der Waals surface area contributed by atoms with Crippen molar-refractivity contribution in [1.29, 1.82) is 0 Å². The molecular weight excluding hydrogens is 260 g/mol. The number of benzene rings is 2. The molecule has 0 aliphatic heterocycles. The third-order valence-electron chi connectivity index (χ3n) is 3.16. The molecule has 3 rings (SSSR count). The average molecular weight is 273 g/mol. The fraction of sp³-hybridized carbons (Fsp3) is 0.133. The molecule has 4 heteroatoms. The van der Waals surface area contributed by atoms with Gasteiger partial charge in [-0.25, -0.2) is 4.98 Å². The highest BCUT2D eigenvalue weighted by Crippen LogP contribution is 2.25. The molecular formula is C15H13ClN2O. The molecule has 0 spiro atoms. The Morgan fingerprint density at radius 2 is 1.84 bits per heavy atom. The highest BCUT2D eigenvalue weighted by molar-refractivity contribution is 6.31.